The summed E-state index contributed by atoms with van der Waals surface area (Å²) in [6.07, 6.45) is -0.140. The van der Waals surface area contributed by atoms with Crippen LogP contribution in [0.25, 0.3) is 22.4 Å². The van der Waals surface area contributed by atoms with E-state index in [0.717, 1.165) is 11.6 Å². The van der Waals surface area contributed by atoms with Crippen molar-refractivity contribution < 1.29 is 18.0 Å². The summed E-state index contributed by atoms with van der Waals surface area (Å²) in [5.41, 5.74) is 1.05. The van der Waals surface area contributed by atoms with E-state index in [1.165, 1.54) is 30.6 Å². The second-order valence-corrected chi connectivity index (χ2v) is 6.72. The quantitative estimate of drug-likeness (QED) is 0.436. The number of hydrogen-bond donors (Lipinski definition) is 1. The number of amides is 1. The van der Waals surface area contributed by atoms with Gasteiger partial charge >= 0.3 is 6.18 Å². The third-order valence-corrected chi connectivity index (χ3v) is 4.65. The first-order valence-electron chi connectivity index (χ1n) is 9.37. The van der Waals surface area contributed by atoms with E-state index >= 15 is 0 Å². The summed E-state index contributed by atoms with van der Waals surface area (Å²) >= 11 is 0. The number of aromatic nitrogens is 2. The molecule has 1 N–H and O–H groups in total. The van der Waals surface area contributed by atoms with E-state index in [4.69, 9.17) is 0 Å². The lowest BCUT2D eigenvalue weighted by Gasteiger charge is -2.18. The molecular weight excluding hydrogens is 403 g/mol. The zero-order chi connectivity index (χ0) is 21.8. The average Bonchev–Trinajstić information content (AvgIpc) is 2.79. The second kappa shape index (κ2) is 8.39. The maximum Gasteiger partial charge on any atom is 0.417 e. The smallest absolute Gasteiger partial charge is 0.321 e. The van der Waals surface area contributed by atoms with Crippen LogP contribution < -0.4 is 5.32 Å². The minimum absolute atomic E-state index is 0.0519. The summed E-state index contributed by atoms with van der Waals surface area (Å²) in [5.74, 6) is -0.526. The molecule has 2 heterocycles. The van der Waals surface area contributed by atoms with Crippen LogP contribution in [0.3, 0.4) is 0 Å². The first-order chi connectivity index (χ1) is 14.9. The van der Waals surface area contributed by atoms with Crippen molar-refractivity contribution in [3.05, 3.63) is 103 Å². The van der Waals surface area contributed by atoms with Crippen molar-refractivity contribution in [2.75, 3.05) is 5.32 Å². The van der Waals surface area contributed by atoms with Crippen LogP contribution in [0.5, 0.6) is 0 Å². The van der Waals surface area contributed by atoms with Gasteiger partial charge in [-0.2, -0.15) is 13.2 Å². The molecule has 0 aliphatic carbocycles. The number of nitrogens with one attached hydrogen (secondary N) is 1. The Labute approximate surface area is 176 Å². The maximum absolute atomic E-state index is 13.7. The van der Waals surface area contributed by atoms with Crippen LogP contribution in [0.15, 0.2) is 91.4 Å². The van der Waals surface area contributed by atoms with Gasteiger partial charge in [0.15, 0.2) is 0 Å². The van der Waals surface area contributed by atoms with Gasteiger partial charge in [-0.3, -0.25) is 14.8 Å². The molecule has 7 heteroatoms. The topological polar surface area (TPSA) is 54.9 Å². The molecular formula is C24H16F3N3O. The largest absolute Gasteiger partial charge is 0.417 e. The Morgan fingerprint density at radius 3 is 2.35 bits per heavy atom. The Morgan fingerprint density at radius 2 is 1.65 bits per heavy atom. The number of anilines is 1. The standard InChI is InChI=1S/C24H16F3N3O/c25-24(26,27)19-9-4-11-21(22(19)18-8-5-12-28-15-18)30-23(31)17-7-3-6-16(14-17)20-10-1-2-13-29-20/h1-15H,(H,30,31). The molecule has 154 valence electrons. The Hall–Kier alpha value is -4.00. The lowest BCUT2D eigenvalue weighted by Crippen LogP contribution is -2.15. The molecule has 1 amide bonds. The average molecular weight is 419 g/mol. The number of halogens is 3. The molecule has 2 aromatic carbocycles. The predicted octanol–water partition coefficient (Wildman–Crippen LogP) is 6.08. The fraction of sp³-hybridized carbons (Fsp3) is 0.0417. The zero-order valence-corrected chi connectivity index (χ0v) is 16.1. The lowest BCUT2D eigenvalue weighted by atomic mass is 9.98. The van der Waals surface area contributed by atoms with Crippen LogP contribution >= 0.6 is 0 Å². The molecule has 0 atom stereocenters. The monoisotopic (exact) mass is 419 g/mol. The van der Waals surface area contributed by atoms with Crippen molar-refractivity contribution in [2.45, 2.75) is 6.18 Å². The molecule has 31 heavy (non-hydrogen) atoms. The Bertz CT molecular complexity index is 1210. The number of carbonyl (C=O) groups excluding carboxylic acids is 1. The zero-order valence-electron chi connectivity index (χ0n) is 16.1. The van der Waals surface area contributed by atoms with Crippen LogP contribution in [-0.4, -0.2) is 15.9 Å². The molecule has 0 spiro atoms. The molecule has 0 aliphatic heterocycles. The highest BCUT2D eigenvalue weighted by Gasteiger charge is 2.35. The summed E-state index contributed by atoms with van der Waals surface area (Å²) in [6, 6.07) is 18.9. The molecule has 0 unspecified atom stereocenters. The second-order valence-electron chi connectivity index (χ2n) is 6.72. The van der Waals surface area contributed by atoms with E-state index in [-0.39, 0.29) is 16.8 Å². The van der Waals surface area contributed by atoms with Gasteiger partial charge in [0.1, 0.15) is 0 Å². The number of nitrogens with zero attached hydrogens (tertiary/aromatic N) is 2. The summed E-state index contributed by atoms with van der Waals surface area (Å²) in [4.78, 5) is 21.1. The van der Waals surface area contributed by atoms with E-state index in [2.05, 4.69) is 15.3 Å². The van der Waals surface area contributed by atoms with Crippen molar-refractivity contribution in [1.29, 1.82) is 0 Å². The van der Waals surface area contributed by atoms with Crippen LogP contribution in [-0.2, 0) is 6.18 Å². The van der Waals surface area contributed by atoms with Crippen molar-refractivity contribution in [2.24, 2.45) is 0 Å². The van der Waals surface area contributed by atoms with Gasteiger partial charge in [0.25, 0.3) is 5.91 Å². The third kappa shape index (κ3) is 4.45. The molecule has 0 radical (unpaired) electrons. The third-order valence-electron chi connectivity index (χ3n) is 4.65. The Balaban J connectivity index is 1.73. The number of hydrogen-bond acceptors (Lipinski definition) is 3. The van der Waals surface area contributed by atoms with Gasteiger partial charge in [-0.05, 0) is 42.5 Å². The fourth-order valence-corrected chi connectivity index (χ4v) is 3.26. The van der Waals surface area contributed by atoms with Crippen LogP contribution in [0.1, 0.15) is 15.9 Å². The normalized spacial score (nSPS) is 11.2. The first-order valence-corrected chi connectivity index (χ1v) is 9.37. The summed E-state index contributed by atoms with van der Waals surface area (Å²) < 4.78 is 41.0. The number of rotatable bonds is 4. The van der Waals surface area contributed by atoms with Gasteiger partial charge in [0, 0.05) is 46.5 Å². The van der Waals surface area contributed by atoms with E-state index in [9.17, 15) is 18.0 Å². The van der Waals surface area contributed by atoms with E-state index in [0.29, 0.717) is 11.3 Å². The fourth-order valence-electron chi connectivity index (χ4n) is 3.26. The number of carbonyl (C=O) groups is 1. The Kier molecular flexibility index (Phi) is 5.49. The van der Waals surface area contributed by atoms with Gasteiger partial charge in [-0.25, -0.2) is 0 Å². The van der Waals surface area contributed by atoms with Crippen molar-refractivity contribution in [3.8, 4) is 22.4 Å². The molecule has 0 saturated heterocycles. The van der Waals surface area contributed by atoms with Gasteiger partial charge in [-0.15, -0.1) is 0 Å². The molecule has 2 aromatic heterocycles. The number of benzene rings is 2. The molecule has 0 aliphatic rings. The molecule has 0 saturated carbocycles. The minimum atomic E-state index is -4.59. The van der Waals surface area contributed by atoms with E-state index < -0.39 is 17.6 Å². The summed E-state index contributed by atoms with van der Waals surface area (Å²) in [7, 11) is 0. The predicted molar refractivity (Wildman–Crippen MR) is 112 cm³/mol. The van der Waals surface area contributed by atoms with Gasteiger partial charge in [0.05, 0.1) is 11.3 Å². The minimum Gasteiger partial charge on any atom is -0.321 e. The van der Waals surface area contributed by atoms with Crippen molar-refractivity contribution in [1.82, 2.24) is 9.97 Å². The van der Waals surface area contributed by atoms with Gasteiger partial charge in [-0.1, -0.05) is 30.3 Å². The first kappa shape index (κ1) is 20.3. The van der Waals surface area contributed by atoms with Crippen LogP contribution in [0.4, 0.5) is 18.9 Å². The van der Waals surface area contributed by atoms with Gasteiger partial charge in [0.2, 0.25) is 0 Å². The summed E-state index contributed by atoms with van der Waals surface area (Å²) in [5, 5.41) is 2.63. The molecule has 0 fully saturated rings. The maximum atomic E-state index is 13.7. The van der Waals surface area contributed by atoms with Crippen LogP contribution in [0, 0.1) is 0 Å². The highest BCUT2D eigenvalue weighted by Crippen LogP contribution is 2.41. The molecule has 4 rings (SSSR count). The van der Waals surface area contributed by atoms with Crippen molar-refractivity contribution in [3.63, 3.8) is 0 Å². The lowest BCUT2D eigenvalue weighted by molar-refractivity contribution is -0.137. The highest BCUT2D eigenvalue weighted by atomic mass is 19.4. The molecule has 4 nitrogen and oxygen atoms in total. The Morgan fingerprint density at radius 1 is 0.839 bits per heavy atom. The molecule has 0 bridgehead atoms. The van der Waals surface area contributed by atoms with E-state index in [1.807, 2.05) is 18.2 Å². The highest BCUT2D eigenvalue weighted by molar-refractivity contribution is 6.07. The number of alkyl halides is 3. The number of pyridine rings is 2. The van der Waals surface area contributed by atoms with Crippen molar-refractivity contribution >= 4 is 11.6 Å². The van der Waals surface area contributed by atoms with Gasteiger partial charge < -0.3 is 5.32 Å². The molecule has 4 aromatic rings. The SMILES string of the molecule is O=C(Nc1cccc(C(F)(F)F)c1-c1cccnc1)c1cccc(-c2ccccn2)c1. The van der Waals surface area contributed by atoms with E-state index in [1.54, 1.807) is 36.5 Å². The van der Waals surface area contributed by atoms with Crippen LogP contribution in [0.2, 0.25) is 0 Å². The summed E-state index contributed by atoms with van der Waals surface area (Å²) in [6.45, 7) is 0.